The first kappa shape index (κ1) is 13.6. The van der Waals surface area contributed by atoms with E-state index in [9.17, 15) is 4.39 Å². The molecule has 0 bridgehead atoms. The van der Waals surface area contributed by atoms with Crippen molar-refractivity contribution in [3.05, 3.63) is 48.0 Å². The van der Waals surface area contributed by atoms with Crippen molar-refractivity contribution in [3.63, 3.8) is 0 Å². The van der Waals surface area contributed by atoms with Crippen molar-refractivity contribution in [2.24, 2.45) is 5.92 Å². The van der Waals surface area contributed by atoms with Crippen LogP contribution in [0.3, 0.4) is 0 Å². The first-order valence-corrected chi connectivity index (χ1v) is 6.42. The van der Waals surface area contributed by atoms with Gasteiger partial charge in [0.2, 0.25) is 0 Å². The quantitative estimate of drug-likeness (QED) is 0.897. The molecule has 0 amide bonds. The average Bonchev–Trinajstić information content (AvgIpc) is 2.39. The van der Waals surface area contributed by atoms with Crippen LogP contribution in [0.25, 0.3) is 11.4 Å². The predicted molar refractivity (Wildman–Crippen MR) is 74.0 cm³/mol. The van der Waals surface area contributed by atoms with Gasteiger partial charge >= 0.3 is 0 Å². The van der Waals surface area contributed by atoms with Crippen molar-refractivity contribution in [2.75, 3.05) is 6.54 Å². The van der Waals surface area contributed by atoms with E-state index in [4.69, 9.17) is 0 Å². The molecule has 0 atom stereocenters. The Hall–Kier alpha value is -1.81. The van der Waals surface area contributed by atoms with Crippen LogP contribution in [0.15, 0.2) is 36.7 Å². The van der Waals surface area contributed by atoms with E-state index < -0.39 is 0 Å². The maximum absolute atomic E-state index is 13.1. The van der Waals surface area contributed by atoms with E-state index in [0.29, 0.717) is 17.3 Å². The molecule has 0 aliphatic heterocycles. The second-order valence-electron chi connectivity index (χ2n) is 4.95. The number of nitrogens with zero attached hydrogens (tertiary/aromatic N) is 2. The molecule has 0 saturated carbocycles. The fraction of sp³-hybridized carbons (Fsp3) is 0.333. The summed E-state index contributed by atoms with van der Waals surface area (Å²) in [5, 5.41) is 3.33. The lowest BCUT2D eigenvalue weighted by Gasteiger charge is -2.07. The van der Waals surface area contributed by atoms with Gasteiger partial charge in [-0.15, -0.1) is 0 Å². The Morgan fingerprint density at radius 1 is 1.21 bits per heavy atom. The van der Waals surface area contributed by atoms with Crippen LogP contribution in [0.2, 0.25) is 0 Å². The maximum atomic E-state index is 13.1. The molecule has 3 nitrogen and oxygen atoms in total. The third kappa shape index (κ3) is 4.10. The summed E-state index contributed by atoms with van der Waals surface area (Å²) >= 11 is 0. The molecule has 2 rings (SSSR count). The summed E-state index contributed by atoms with van der Waals surface area (Å²) in [6.07, 6.45) is 3.56. The van der Waals surface area contributed by atoms with Gasteiger partial charge in [0.1, 0.15) is 5.82 Å². The minimum absolute atomic E-state index is 0.274. The van der Waals surface area contributed by atoms with E-state index >= 15 is 0 Å². The van der Waals surface area contributed by atoms with Gasteiger partial charge in [-0.3, -0.25) is 0 Å². The highest BCUT2D eigenvalue weighted by atomic mass is 19.1. The van der Waals surface area contributed by atoms with Gasteiger partial charge in [-0.05, 0) is 24.6 Å². The molecular formula is C15H18FN3. The Bertz CT molecular complexity index is 523. The molecule has 2 aromatic rings. The van der Waals surface area contributed by atoms with E-state index in [0.717, 1.165) is 18.7 Å². The standard InChI is InChI=1S/C15H18FN3/c1-11(2)7-17-8-12-9-18-15(19-10-12)13-4-3-5-14(16)6-13/h3-6,9-11,17H,7-8H2,1-2H3. The summed E-state index contributed by atoms with van der Waals surface area (Å²) < 4.78 is 13.1. The molecule has 0 aliphatic carbocycles. The number of aromatic nitrogens is 2. The topological polar surface area (TPSA) is 37.8 Å². The van der Waals surface area contributed by atoms with Crippen LogP contribution in [0, 0.1) is 11.7 Å². The summed E-state index contributed by atoms with van der Waals surface area (Å²) in [5.41, 5.74) is 1.72. The molecule has 100 valence electrons. The van der Waals surface area contributed by atoms with Gasteiger partial charge < -0.3 is 5.32 Å². The minimum Gasteiger partial charge on any atom is -0.312 e. The van der Waals surface area contributed by atoms with Crippen LogP contribution in [-0.2, 0) is 6.54 Å². The second kappa shape index (κ2) is 6.38. The Morgan fingerprint density at radius 3 is 2.58 bits per heavy atom. The van der Waals surface area contributed by atoms with E-state index in [1.807, 2.05) is 0 Å². The van der Waals surface area contributed by atoms with Crippen molar-refractivity contribution in [3.8, 4) is 11.4 Å². The van der Waals surface area contributed by atoms with Gasteiger partial charge in [0.25, 0.3) is 0 Å². The zero-order chi connectivity index (χ0) is 13.7. The first-order valence-electron chi connectivity index (χ1n) is 6.42. The van der Waals surface area contributed by atoms with E-state index in [1.54, 1.807) is 24.5 Å². The van der Waals surface area contributed by atoms with Crippen molar-refractivity contribution >= 4 is 0 Å². The average molecular weight is 259 g/mol. The van der Waals surface area contributed by atoms with Gasteiger partial charge in [0, 0.05) is 30.1 Å². The summed E-state index contributed by atoms with van der Waals surface area (Å²) in [5.74, 6) is 0.892. The predicted octanol–water partition coefficient (Wildman–Crippen LogP) is 3.03. The zero-order valence-corrected chi connectivity index (χ0v) is 11.2. The Kier molecular flexibility index (Phi) is 4.58. The van der Waals surface area contributed by atoms with Crippen LogP contribution in [-0.4, -0.2) is 16.5 Å². The van der Waals surface area contributed by atoms with Crippen LogP contribution in [0.4, 0.5) is 4.39 Å². The Morgan fingerprint density at radius 2 is 1.95 bits per heavy atom. The fourth-order valence-electron chi connectivity index (χ4n) is 1.73. The smallest absolute Gasteiger partial charge is 0.159 e. The molecule has 0 radical (unpaired) electrons. The van der Waals surface area contributed by atoms with E-state index in [-0.39, 0.29) is 5.82 Å². The number of hydrogen-bond acceptors (Lipinski definition) is 3. The van der Waals surface area contributed by atoms with Crippen LogP contribution < -0.4 is 5.32 Å². The van der Waals surface area contributed by atoms with Gasteiger partial charge in [-0.2, -0.15) is 0 Å². The molecule has 0 fully saturated rings. The molecule has 0 saturated heterocycles. The third-order valence-corrected chi connectivity index (χ3v) is 2.67. The molecule has 1 N–H and O–H groups in total. The largest absolute Gasteiger partial charge is 0.312 e. The Balaban J connectivity index is 2.02. The normalized spacial score (nSPS) is 10.9. The number of benzene rings is 1. The van der Waals surface area contributed by atoms with E-state index in [1.165, 1.54) is 12.1 Å². The zero-order valence-electron chi connectivity index (χ0n) is 11.2. The second-order valence-corrected chi connectivity index (χ2v) is 4.95. The molecule has 0 aliphatic rings. The van der Waals surface area contributed by atoms with Gasteiger partial charge in [-0.25, -0.2) is 14.4 Å². The highest BCUT2D eigenvalue weighted by molar-refractivity contribution is 5.54. The van der Waals surface area contributed by atoms with Gasteiger partial charge in [0.05, 0.1) is 0 Å². The fourth-order valence-corrected chi connectivity index (χ4v) is 1.73. The van der Waals surface area contributed by atoms with Gasteiger partial charge in [-0.1, -0.05) is 26.0 Å². The van der Waals surface area contributed by atoms with Crippen LogP contribution in [0.5, 0.6) is 0 Å². The highest BCUT2D eigenvalue weighted by Gasteiger charge is 2.03. The van der Waals surface area contributed by atoms with Crippen molar-refractivity contribution in [1.82, 2.24) is 15.3 Å². The molecule has 1 aromatic carbocycles. The molecule has 1 heterocycles. The number of hydrogen-bond donors (Lipinski definition) is 1. The lowest BCUT2D eigenvalue weighted by atomic mass is 10.2. The SMILES string of the molecule is CC(C)CNCc1cnc(-c2cccc(F)c2)nc1. The van der Waals surface area contributed by atoms with Crippen molar-refractivity contribution < 1.29 is 4.39 Å². The van der Waals surface area contributed by atoms with Crippen LogP contribution in [0.1, 0.15) is 19.4 Å². The first-order chi connectivity index (χ1) is 9.15. The highest BCUT2D eigenvalue weighted by Crippen LogP contribution is 2.15. The van der Waals surface area contributed by atoms with Crippen molar-refractivity contribution in [1.29, 1.82) is 0 Å². The molecule has 1 aromatic heterocycles. The van der Waals surface area contributed by atoms with Gasteiger partial charge in [0.15, 0.2) is 5.82 Å². The number of nitrogens with one attached hydrogen (secondary N) is 1. The lowest BCUT2D eigenvalue weighted by molar-refractivity contribution is 0.551. The number of rotatable bonds is 5. The van der Waals surface area contributed by atoms with Crippen molar-refractivity contribution in [2.45, 2.75) is 20.4 Å². The minimum atomic E-state index is -0.274. The molecule has 19 heavy (non-hydrogen) atoms. The number of halogens is 1. The third-order valence-electron chi connectivity index (χ3n) is 2.67. The Labute approximate surface area is 112 Å². The summed E-state index contributed by atoms with van der Waals surface area (Å²) in [6, 6.07) is 6.31. The monoisotopic (exact) mass is 259 g/mol. The molecule has 0 spiro atoms. The summed E-state index contributed by atoms with van der Waals surface area (Å²) in [4.78, 5) is 8.54. The lowest BCUT2D eigenvalue weighted by Crippen LogP contribution is -2.19. The summed E-state index contributed by atoms with van der Waals surface area (Å²) in [6.45, 7) is 6.04. The van der Waals surface area contributed by atoms with Crippen LogP contribution >= 0.6 is 0 Å². The maximum Gasteiger partial charge on any atom is 0.159 e. The summed E-state index contributed by atoms with van der Waals surface area (Å²) in [7, 11) is 0. The molecule has 0 unspecified atom stereocenters. The molecule has 4 heteroatoms. The molecular weight excluding hydrogens is 241 g/mol. The van der Waals surface area contributed by atoms with E-state index in [2.05, 4.69) is 29.1 Å².